The van der Waals surface area contributed by atoms with Crippen LogP contribution in [0.5, 0.6) is 0 Å². The Morgan fingerprint density at radius 2 is 2.05 bits per heavy atom. The SMILES string of the molecule is Cn1nc(C2CC2)cc1N1CCN(C(=O)c2ccsc2)CC1. The van der Waals surface area contributed by atoms with E-state index in [2.05, 4.69) is 16.1 Å². The lowest BCUT2D eigenvalue weighted by molar-refractivity contribution is 0.0747. The number of rotatable bonds is 3. The summed E-state index contributed by atoms with van der Waals surface area (Å²) in [5, 5.41) is 8.52. The summed E-state index contributed by atoms with van der Waals surface area (Å²) in [7, 11) is 2.02. The van der Waals surface area contributed by atoms with Gasteiger partial charge in [0.1, 0.15) is 5.82 Å². The maximum atomic E-state index is 12.4. The zero-order chi connectivity index (χ0) is 15.1. The lowest BCUT2D eigenvalue weighted by Crippen LogP contribution is -2.49. The van der Waals surface area contributed by atoms with E-state index in [1.165, 1.54) is 24.4 Å². The van der Waals surface area contributed by atoms with Crippen molar-refractivity contribution in [1.29, 1.82) is 0 Å². The number of hydrogen-bond donors (Lipinski definition) is 0. The van der Waals surface area contributed by atoms with Gasteiger partial charge in [0, 0.05) is 50.6 Å². The van der Waals surface area contributed by atoms with Gasteiger partial charge in [-0.1, -0.05) is 0 Å². The maximum Gasteiger partial charge on any atom is 0.254 e. The Morgan fingerprint density at radius 1 is 1.27 bits per heavy atom. The van der Waals surface area contributed by atoms with Crippen LogP contribution in [0.3, 0.4) is 0 Å². The van der Waals surface area contributed by atoms with Crippen LogP contribution in [0.15, 0.2) is 22.9 Å². The molecule has 6 heteroatoms. The van der Waals surface area contributed by atoms with Crippen LogP contribution in [-0.4, -0.2) is 46.8 Å². The van der Waals surface area contributed by atoms with E-state index < -0.39 is 0 Å². The van der Waals surface area contributed by atoms with Gasteiger partial charge in [-0.25, -0.2) is 0 Å². The normalized spacial score (nSPS) is 18.8. The molecule has 0 N–H and O–H groups in total. The second-order valence-corrected chi connectivity index (χ2v) is 6.90. The van der Waals surface area contributed by atoms with Crippen molar-refractivity contribution in [3.05, 3.63) is 34.2 Å². The molecule has 1 saturated carbocycles. The van der Waals surface area contributed by atoms with E-state index in [0.717, 1.165) is 31.7 Å². The summed E-state index contributed by atoms with van der Waals surface area (Å²) in [5.41, 5.74) is 2.05. The first-order valence-electron chi connectivity index (χ1n) is 7.83. The van der Waals surface area contributed by atoms with Gasteiger partial charge in [0.15, 0.2) is 0 Å². The number of carbonyl (C=O) groups excluding carboxylic acids is 1. The fourth-order valence-electron chi connectivity index (χ4n) is 3.06. The second-order valence-electron chi connectivity index (χ2n) is 6.12. The van der Waals surface area contributed by atoms with Crippen molar-refractivity contribution >= 4 is 23.1 Å². The Hall–Kier alpha value is -1.82. The molecule has 0 aromatic carbocycles. The molecule has 1 saturated heterocycles. The third-order valence-corrected chi connectivity index (χ3v) is 5.21. The minimum absolute atomic E-state index is 0.157. The molecule has 116 valence electrons. The van der Waals surface area contributed by atoms with Gasteiger partial charge >= 0.3 is 0 Å². The van der Waals surface area contributed by atoms with Crippen molar-refractivity contribution < 1.29 is 4.79 Å². The average molecular weight is 316 g/mol. The minimum atomic E-state index is 0.157. The predicted octanol–water partition coefficient (Wildman–Crippen LogP) is 2.32. The Labute approximate surface area is 134 Å². The van der Waals surface area contributed by atoms with Gasteiger partial charge in [0.05, 0.1) is 11.3 Å². The molecular weight excluding hydrogens is 296 g/mol. The number of aryl methyl sites for hydroxylation is 1. The molecule has 2 aliphatic rings. The third-order valence-electron chi connectivity index (χ3n) is 4.53. The number of thiophene rings is 1. The lowest BCUT2D eigenvalue weighted by atomic mass is 10.2. The number of nitrogens with zero attached hydrogens (tertiary/aromatic N) is 4. The van der Waals surface area contributed by atoms with E-state index >= 15 is 0 Å². The first-order valence-corrected chi connectivity index (χ1v) is 8.77. The number of aromatic nitrogens is 2. The minimum Gasteiger partial charge on any atom is -0.353 e. The number of anilines is 1. The van der Waals surface area contributed by atoms with Gasteiger partial charge in [-0.15, -0.1) is 0 Å². The second kappa shape index (κ2) is 5.43. The summed E-state index contributed by atoms with van der Waals surface area (Å²) in [6.07, 6.45) is 2.55. The summed E-state index contributed by atoms with van der Waals surface area (Å²) in [5.74, 6) is 2.02. The molecule has 1 aliphatic heterocycles. The highest BCUT2D eigenvalue weighted by molar-refractivity contribution is 7.08. The fourth-order valence-corrected chi connectivity index (χ4v) is 3.69. The van der Waals surface area contributed by atoms with Gasteiger partial charge in [0.25, 0.3) is 5.91 Å². The molecule has 22 heavy (non-hydrogen) atoms. The van der Waals surface area contributed by atoms with Gasteiger partial charge in [-0.3, -0.25) is 9.48 Å². The van der Waals surface area contributed by atoms with Crippen molar-refractivity contribution in [2.75, 3.05) is 31.1 Å². The third kappa shape index (κ3) is 2.52. The molecule has 1 amide bonds. The lowest BCUT2D eigenvalue weighted by Gasteiger charge is -2.35. The van der Waals surface area contributed by atoms with Crippen LogP contribution < -0.4 is 4.90 Å². The van der Waals surface area contributed by atoms with Crippen molar-refractivity contribution in [3.63, 3.8) is 0 Å². The quantitative estimate of drug-likeness (QED) is 0.872. The highest BCUT2D eigenvalue weighted by atomic mass is 32.1. The molecular formula is C16H20N4OS. The molecule has 2 fully saturated rings. The molecule has 4 rings (SSSR count). The number of piperazine rings is 1. The van der Waals surface area contributed by atoms with Crippen LogP contribution in [0.25, 0.3) is 0 Å². The molecule has 0 atom stereocenters. The van der Waals surface area contributed by atoms with Gasteiger partial charge in [-0.2, -0.15) is 16.4 Å². The van der Waals surface area contributed by atoms with Gasteiger partial charge in [0.2, 0.25) is 0 Å². The Kier molecular flexibility index (Phi) is 3.41. The van der Waals surface area contributed by atoms with Gasteiger partial charge < -0.3 is 9.80 Å². The summed E-state index contributed by atoms with van der Waals surface area (Å²) in [4.78, 5) is 16.7. The summed E-state index contributed by atoms with van der Waals surface area (Å²) in [6, 6.07) is 4.14. The Morgan fingerprint density at radius 3 is 2.68 bits per heavy atom. The van der Waals surface area contributed by atoms with Crippen LogP contribution in [-0.2, 0) is 7.05 Å². The van der Waals surface area contributed by atoms with Crippen LogP contribution >= 0.6 is 11.3 Å². The molecule has 0 unspecified atom stereocenters. The van der Waals surface area contributed by atoms with E-state index in [9.17, 15) is 4.79 Å². The number of amides is 1. The molecule has 2 aromatic heterocycles. The van der Waals surface area contributed by atoms with Crippen molar-refractivity contribution in [2.24, 2.45) is 7.05 Å². The summed E-state index contributed by atoms with van der Waals surface area (Å²) >= 11 is 1.57. The number of hydrogen-bond acceptors (Lipinski definition) is 4. The van der Waals surface area contributed by atoms with Crippen molar-refractivity contribution in [2.45, 2.75) is 18.8 Å². The van der Waals surface area contributed by atoms with E-state index in [1.807, 2.05) is 33.5 Å². The Bertz CT molecular complexity index is 666. The van der Waals surface area contributed by atoms with Crippen LogP contribution in [0.1, 0.15) is 34.8 Å². The maximum absolute atomic E-state index is 12.4. The summed E-state index contributed by atoms with van der Waals surface area (Å²) < 4.78 is 1.99. The molecule has 1 aliphatic carbocycles. The topological polar surface area (TPSA) is 41.4 Å². The Balaban J connectivity index is 1.42. The molecule has 0 spiro atoms. The molecule has 0 radical (unpaired) electrons. The highest BCUT2D eigenvalue weighted by Crippen LogP contribution is 2.40. The zero-order valence-electron chi connectivity index (χ0n) is 12.7. The number of carbonyl (C=O) groups is 1. The first kappa shape index (κ1) is 13.8. The molecule has 0 bridgehead atoms. The smallest absolute Gasteiger partial charge is 0.254 e. The molecule has 3 heterocycles. The highest BCUT2D eigenvalue weighted by Gasteiger charge is 2.29. The standard InChI is InChI=1S/C16H20N4OS/c1-18-15(10-14(17-18)12-2-3-12)19-5-7-20(8-6-19)16(21)13-4-9-22-11-13/h4,9-12H,2-3,5-8H2,1H3. The molecule has 2 aromatic rings. The average Bonchev–Trinajstić information content (AvgIpc) is 3.10. The van der Waals surface area contributed by atoms with Gasteiger partial charge in [-0.05, 0) is 24.3 Å². The summed E-state index contributed by atoms with van der Waals surface area (Å²) in [6.45, 7) is 3.30. The van der Waals surface area contributed by atoms with E-state index in [-0.39, 0.29) is 5.91 Å². The van der Waals surface area contributed by atoms with E-state index in [1.54, 1.807) is 11.3 Å². The zero-order valence-corrected chi connectivity index (χ0v) is 13.6. The molecule has 5 nitrogen and oxygen atoms in total. The van der Waals surface area contributed by atoms with Crippen LogP contribution in [0, 0.1) is 0 Å². The van der Waals surface area contributed by atoms with Crippen molar-refractivity contribution in [1.82, 2.24) is 14.7 Å². The fraction of sp³-hybridized carbons (Fsp3) is 0.500. The van der Waals surface area contributed by atoms with Crippen molar-refractivity contribution in [3.8, 4) is 0 Å². The predicted molar refractivity (Wildman–Crippen MR) is 87.6 cm³/mol. The largest absolute Gasteiger partial charge is 0.353 e. The monoisotopic (exact) mass is 316 g/mol. The first-order chi connectivity index (χ1) is 10.7. The van der Waals surface area contributed by atoms with E-state index in [0.29, 0.717) is 5.92 Å². The van der Waals surface area contributed by atoms with E-state index in [4.69, 9.17) is 0 Å². The van der Waals surface area contributed by atoms with Crippen LogP contribution in [0.4, 0.5) is 5.82 Å². The van der Waals surface area contributed by atoms with Crippen LogP contribution in [0.2, 0.25) is 0 Å².